The molecule has 1 aromatic rings. The van der Waals surface area contributed by atoms with Crippen LogP contribution in [0.25, 0.3) is 0 Å². The average Bonchev–Trinajstić information content (AvgIpc) is 2.48. The average molecular weight is 292 g/mol. The molecule has 1 fully saturated rings. The second kappa shape index (κ2) is 7.00. The van der Waals surface area contributed by atoms with Gasteiger partial charge in [-0.3, -0.25) is 10.1 Å². The van der Waals surface area contributed by atoms with E-state index in [4.69, 9.17) is 4.74 Å². The van der Waals surface area contributed by atoms with Gasteiger partial charge in [0.25, 0.3) is 5.69 Å². The van der Waals surface area contributed by atoms with Crippen molar-refractivity contribution in [1.82, 2.24) is 5.32 Å². The molecule has 2 atom stereocenters. The van der Waals surface area contributed by atoms with E-state index in [0.717, 1.165) is 44.4 Å². The molecule has 1 N–H and O–H groups in total. The monoisotopic (exact) mass is 292 g/mol. The number of non-ortho nitro benzene ring substituents is 1. The van der Waals surface area contributed by atoms with E-state index in [2.05, 4.69) is 19.2 Å². The number of nitro benzene ring substituents is 1. The quantitative estimate of drug-likeness (QED) is 0.646. The molecular weight excluding hydrogens is 268 g/mol. The molecule has 0 saturated carbocycles. The lowest BCUT2D eigenvalue weighted by molar-refractivity contribution is -0.384. The van der Waals surface area contributed by atoms with Crippen LogP contribution in [0.3, 0.4) is 0 Å². The molecule has 2 rings (SSSR count). The van der Waals surface area contributed by atoms with Gasteiger partial charge in [0.15, 0.2) is 0 Å². The summed E-state index contributed by atoms with van der Waals surface area (Å²) in [7, 11) is 0. The van der Waals surface area contributed by atoms with Crippen LogP contribution in [0, 0.1) is 10.1 Å². The molecule has 116 valence electrons. The lowest BCUT2D eigenvalue weighted by atomic mass is 9.90. The fourth-order valence-electron chi connectivity index (χ4n) is 2.76. The van der Waals surface area contributed by atoms with Gasteiger partial charge in [0, 0.05) is 24.8 Å². The van der Waals surface area contributed by atoms with E-state index in [1.165, 1.54) is 0 Å². The first-order valence-electron chi connectivity index (χ1n) is 7.63. The number of hydrogen-bond acceptors (Lipinski definition) is 4. The fraction of sp³-hybridized carbons (Fsp3) is 0.625. The number of hydrogen-bond donors (Lipinski definition) is 1. The van der Waals surface area contributed by atoms with Crippen LogP contribution in [-0.4, -0.2) is 29.7 Å². The third kappa shape index (κ3) is 4.51. The van der Waals surface area contributed by atoms with Crippen molar-refractivity contribution in [3.05, 3.63) is 39.9 Å². The summed E-state index contributed by atoms with van der Waals surface area (Å²) < 4.78 is 5.84. The minimum atomic E-state index is -0.365. The first-order valence-corrected chi connectivity index (χ1v) is 7.63. The van der Waals surface area contributed by atoms with Crippen LogP contribution in [0.2, 0.25) is 0 Å². The van der Waals surface area contributed by atoms with E-state index in [1.54, 1.807) is 12.1 Å². The molecule has 0 amide bonds. The highest BCUT2D eigenvalue weighted by Crippen LogP contribution is 2.27. The van der Waals surface area contributed by atoms with Crippen molar-refractivity contribution in [1.29, 1.82) is 0 Å². The van der Waals surface area contributed by atoms with Gasteiger partial charge in [-0.2, -0.15) is 0 Å². The molecule has 0 bridgehead atoms. The first-order chi connectivity index (χ1) is 10.0. The minimum Gasteiger partial charge on any atom is -0.375 e. The third-order valence-electron chi connectivity index (χ3n) is 4.34. The summed E-state index contributed by atoms with van der Waals surface area (Å²) >= 11 is 0. The lowest BCUT2D eigenvalue weighted by Crippen LogP contribution is -2.45. The second-order valence-electron chi connectivity index (χ2n) is 5.97. The molecular formula is C16H24N2O3. The highest BCUT2D eigenvalue weighted by Gasteiger charge is 2.31. The Morgan fingerprint density at radius 1 is 1.43 bits per heavy atom. The predicted molar refractivity (Wildman–Crippen MR) is 82.5 cm³/mol. The molecule has 0 aromatic heterocycles. The maximum Gasteiger partial charge on any atom is 0.269 e. The summed E-state index contributed by atoms with van der Waals surface area (Å²) in [6, 6.07) is 7.30. The van der Waals surface area contributed by atoms with Crippen molar-refractivity contribution >= 4 is 5.69 Å². The number of nitro groups is 1. The fourth-order valence-corrected chi connectivity index (χ4v) is 2.76. The minimum absolute atomic E-state index is 0.00325. The van der Waals surface area contributed by atoms with E-state index in [1.807, 2.05) is 12.1 Å². The van der Waals surface area contributed by atoms with E-state index in [-0.39, 0.29) is 16.2 Å². The Labute approximate surface area is 125 Å². The molecule has 5 nitrogen and oxygen atoms in total. The van der Waals surface area contributed by atoms with Crippen molar-refractivity contribution in [3.63, 3.8) is 0 Å². The van der Waals surface area contributed by atoms with Gasteiger partial charge in [-0.05, 0) is 44.7 Å². The molecule has 1 aliphatic rings. The Hall–Kier alpha value is -1.46. The Morgan fingerprint density at radius 3 is 2.76 bits per heavy atom. The first kappa shape index (κ1) is 15.9. The Kier molecular flexibility index (Phi) is 5.31. The molecule has 0 aliphatic carbocycles. The zero-order valence-corrected chi connectivity index (χ0v) is 12.8. The van der Waals surface area contributed by atoms with Gasteiger partial charge in [0.05, 0.1) is 10.5 Å². The van der Waals surface area contributed by atoms with Crippen LogP contribution in [0.4, 0.5) is 5.69 Å². The number of nitrogens with one attached hydrogen (secondary N) is 1. The number of ether oxygens (including phenoxy) is 1. The van der Waals surface area contributed by atoms with Crippen LogP contribution < -0.4 is 5.32 Å². The Balaban J connectivity index is 1.77. The van der Waals surface area contributed by atoms with Crippen LogP contribution >= 0.6 is 0 Å². The van der Waals surface area contributed by atoms with Gasteiger partial charge in [-0.1, -0.05) is 19.1 Å². The van der Waals surface area contributed by atoms with Gasteiger partial charge in [0.1, 0.15) is 0 Å². The zero-order valence-electron chi connectivity index (χ0n) is 12.8. The highest BCUT2D eigenvalue weighted by atomic mass is 16.6. The zero-order chi connectivity index (χ0) is 15.3. The molecule has 5 heteroatoms. The topological polar surface area (TPSA) is 64.4 Å². The van der Waals surface area contributed by atoms with Crippen molar-refractivity contribution in [2.45, 2.75) is 51.2 Å². The van der Waals surface area contributed by atoms with E-state index < -0.39 is 0 Å². The van der Waals surface area contributed by atoms with Crippen LogP contribution in [0.5, 0.6) is 0 Å². The van der Waals surface area contributed by atoms with Gasteiger partial charge in [-0.25, -0.2) is 0 Å². The van der Waals surface area contributed by atoms with Crippen molar-refractivity contribution in [2.75, 3.05) is 13.2 Å². The number of benzene rings is 1. The maximum atomic E-state index is 10.6. The molecule has 1 aliphatic heterocycles. The summed E-state index contributed by atoms with van der Waals surface area (Å²) in [4.78, 5) is 10.2. The van der Waals surface area contributed by atoms with Crippen LogP contribution in [-0.2, 0) is 11.2 Å². The van der Waals surface area contributed by atoms with Crippen molar-refractivity contribution in [2.24, 2.45) is 0 Å². The molecule has 0 radical (unpaired) electrons. The summed E-state index contributed by atoms with van der Waals surface area (Å²) in [5.74, 6) is 0. The summed E-state index contributed by atoms with van der Waals surface area (Å²) in [6.07, 6.45) is 4.02. The lowest BCUT2D eigenvalue weighted by Gasteiger charge is -2.38. The Morgan fingerprint density at radius 2 is 2.14 bits per heavy atom. The highest BCUT2D eigenvalue weighted by molar-refractivity contribution is 5.32. The summed E-state index contributed by atoms with van der Waals surface area (Å²) in [6.45, 7) is 6.05. The normalized spacial score (nSPS) is 25.7. The molecule has 1 heterocycles. The van der Waals surface area contributed by atoms with Crippen LogP contribution in [0.15, 0.2) is 24.3 Å². The second-order valence-corrected chi connectivity index (χ2v) is 5.97. The smallest absolute Gasteiger partial charge is 0.269 e. The van der Waals surface area contributed by atoms with Gasteiger partial charge in [-0.15, -0.1) is 0 Å². The van der Waals surface area contributed by atoms with Gasteiger partial charge >= 0.3 is 0 Å². The molecule has 21 heavy (non-hydrogen) atoms. The third-order valence-corrected chi connectivity index (χ3v) is 4.34. The van der Waals surface area contributed by atoms with Crippen molar-refractivity contribution < 1.29 is 9.66 Å². The number of rotatable bonds is 6. The maximum absolute atomic E-state index is 10.6. The van der Waals surface area contributed by atoms with Gasteiger partial charge < -0.3 is 10.1 Å². The summed E-state index contributed by atoms with van der Waals surface area (Å²) in [5, 5.41) is 14.2. The van der Waals surface area contributed by atoms with E-state index in [0.29, 0.717) is 6.04 Å². The standard InChI is InChI=1S/C16H24N2O3/c1-3-16(2)12-14(9-11-21-16)17-10-8-13-4-6-15(7-5-13)18(19)20/h4-7,14,17H,3,8-12H2,1-2H3. The largest absolute Gasteiger partial charge is 0.375 e. The summed E-state index contributed by atoms with van der Waals surface area (Å²) in [5.41, 5.74) is 1.27. The molecule has 1 aromatic carbocycles. The molecule has 0 spiro atoms. The molecule has 2 unspecified atom stereocenters. The van der Waals surface area contributed by atoms with E-state index in [9.17, 15) is 10.1 Å². The van der Waals surface area contributed by atoms with Gasteiger partial charge in [0.2, 0.25) is 0 Å². The predicted octanol–water partition coefficient (Wildman–Crippen LogP) is 3.07. The van der Waals surface area contributed by atoms with Crippen LogP contribution in [0.1, 0.15) is 38.7 Å². The van der Waals surface area contributed by atoms with Crippen molar-refractivity contribution in [3.8, 4) is 0 Å². The molecule has 1 saturated heterocycles. The Bertz CT molecular complexity index is 475. The van der Waals surface area contributed by atoms with E-state index >= 15 is 0 Å². The number of nitrogens with zero attached hydrogens (tertiary/aromatic N) is 1. The SMILES string of the molecule is CCC1(C)CC(NCCc2ccc([N+](=O)[O-])cc2)CCO1.